The first-order chi connectivity index (χ1) is 66.9. The lowest BCUT2D eigenvalue weighted by atomic mass is 10.0. The third-order valence-electron chi connectivity index (χ3n) is 21.5. The van der Waals surface area contributed by atoms with Gasteiger partial charge in [-0.15, -0.1) is 0 Å². The van der Waals surface area contributed by atoms with Crippen molar-refractivity contribution in [3.8, 4) is 0 Å². The zero-order valence-corrected chi connectivity index (χ0v) is 82.9. The van der Waals surface area contributed by atoms with Crippen molar-refractivity contribution in [2.75, 3.05) is 105 Å². The van der Waals surface area contributed by atoms with Crippen LogP contribution in [0.5, 0.6) is 0 Å². The number of ether oxygens (including phenoxy) is 6. The van der Waals surface area contributed by atoms with Gasteiger partial charge in [0.05, 0.1) is 178 Å². The first kappa shape index (κ1) is 116. The molecule has 7 aromatic rings. The molecule has 0 aliphatic heterocycles. The van der Waals surface area contributed by atoms with Crippen LogP contribution in [-0.4, -0.2) is 376 Å². The monoisotopic (exact) mass is 1970 g/mol. The molecule has 142 heavy (non-hydrogen) atoms. The molecule has 0 aliphatic rings. The molecule has 0 saturated carbocycles. The number of aliphatic hydroxyl groups excluding tert-OH is 10. The second kappa shape index (κ2) is 55.2. The summed E-state index contributed by atoms with van der Waals surface area (Å²) >= 11 is 0. The largest absolute Gasteiger partial charge is 0.457 e. The summed E-state index contributed by atoms with van der Waals surface area (Å²) in [6, 6.07) is 38.4. The summed E-state index contributed by atoms with van der Waals surface area (Å²) in [5.41, 5.74) is -3.80. The van der Waals surface area contributed by atoms with E-state index in [1.165, 1.54) is 281 Å². The van der Waals surface area contributed by atoms with Crippen LogP contribution < -0.4 is 0 Å². The van der Waals surface area contributed by atoms with Gasteiger partial charge in [-0.2, -0.15) is 0 Å². The van der Waals surface area contributed by atoms with E-state index < -0.39 is 226 Å². The maximum atomic E-state index is 16.1. The van der Waals surface area contributed by atoms with Gasteiger partial charge in [0.25, 0.3) is 47.3 Å². The number of carbonyl (C=O) groups is 14. The number of esters is 6. The number of benzene rings is 7. The van der Waals surface area contributed by atoms with Gasteiger partial charge in [0.2, 0.25) is 0 Å². The molecule has 770 valence electrons. The van der Waals surface area contributed by atoms with Crippen molar-refractivity contribution in [1.82, 2.24) is 39.2 Å². The van der Waals surface area contributed by atoms with Crippen LogP contribution in [0.2, 0.25) is 0 Å². The Balaban J connectivity index is 1.31. The van der Waals surface area contributed by atoms with Gasteiger partial charge in [-0.25, -0.2) is 28.8 Å². The molecule has 16 unspecified atom stereocenters. The van der Waals surface area contributed by atoms with Crippen molar-refractivity contribution in [3.63, 3.8) is 0 Å². The molecular weight excluding hydrogens is 1840 g/mol. The number of amides is 8. The highest BCUT2D eigenvalue weighted by Crippen LogP contribution is 2.28. The molecule has 38 nitrogen and oxygen atoms in total. The Kier molecular flexibility index (Phi) is 45.0. The molecule has 10 N–H and O–H groups in total. The van der Waals surface area contributed by atoms with Gasteiger partial charge in [0.15, 0.2) is 0 Å². The van der Waals surface area contributed by atoms with E-state index in [2.05, 4.69) is 0 Å². The van der Waals surface area contributed by atoms with Gasteiger partial charge in [-0.05, 0) is 196 Å². The molecule has 0 fully saturated rings. The van der Waals surface area contributed by atoms with Crippen molar-refractivity contribution in [2.24, 2.45) is 0 Å². The van der Waals surface area contributed by atoms with Gasteiger partial charge >= 0.3 is 35.8 Å². The number of nitrogens with zero attached hydrogens (tertiary/aromatic N) is 8. The molecule has 0 aromatic heterocycles. The minimum atomic E-state index is -1.48. The van der Waals surface area contributed by atoms with E-state index in [1.54, 1.807) is 0 Å². The highest BCUT2D eigenvalue weighted by atomic mass is 16.6. The summed E-state index contributed by atoms with van der Waals surface area (Å²) < 4.78 is 36.3. The van der Waals surface area contributed by atoms with E-state index in [-0.39, 0.29) is 138 Å². The zero-order chi connectivity index (χ0) is 105. The lowest BCUT2D eigenvalue weighted by molar-refractivity contribution is 0.00868. The SMILES string of the molecule is CC(O)CN(CC(C)O)C(=O)c1ccccc1C(=O)OC(C)CN(CC(C)OC(=O)c1ccccc1C(=O)N(CC(C)O)CC(C)O)C(=O)c1ccccc1C(=O)OC(C)CN(CC(C)OC(=O)c1ccccc1C(=O)N(CC(C)O)CC(C)O)C(=O)c1ccccc1C(=O)N(CC(C)OC(=O)c1ccccc1C(=O)N(CC(C)O)CC(C)O)CC(C)OC(=O)c1ccccc1C(=O)N(CC(C)O)CC(C)O. The van der Waals surface area contributed by atoms with Crippen molar-refractivity contribution >= 4 is 83.1 Å². The summed E-state index contributed by atoms with van der Waals surface area (Å²) in [6.45, 7) is 16.5. The van der Waals surface area contributed by atoms with E-state index >= 15 is 19.2 Å². The average Bonchev–Trinajstić information content (AvgIpc) is 0.802. The first-order valence-corrected chi connectivity index (χ1v) is 47.0. The quantitative estimate of drug-likeness (QED) is 0.0143. The van der Waals surface area contributed by atoms with E-state index in [0.29, 0.717) is 0 Å². The summed E-state index contributed by atoms with van der Waals surface area (Å²) in [4.78, 5) is 216. The van der Waals surface area contributed by atoms with E-state index in [1.807, 2.05) is 0 Å². The van der Waals surface area contributed by atoms with Crippen LogP contribution in [0.4, 0.5) is 0 Å². The maximum absolute atomic E-state index is 16.1. The second-order valence-corrected chi connectivity index (χ2v) is 36.3. The third kappa shape index (κ3) is 34.9. The van der Waals surface area contributed by atoms with Crippen molar-refractivity contribution in [3.05, 3.63) is 248 Å². The molecular formula is C104H134N8O30. The Labute approximate surface area is 825 Å². The molecule has 38 heteroatoms. The zero-order valence-electron chi connectivity index (χ0n) is 82.9. The lowest BCUT2D eigenvalue weighted by Gasteiger charge is -2.31. The molecule has 8 amide bonds. The standard InChI is InChI=1S/C104H134N8O30/c1-61(113)45-105(46-62(2)114)93(125)79-33-19-25-39-85(79)99(131)137-71(11)55-110(56-72(12)138-100(132)86-40-26-20-34-80(86)94(126)106(47-63(3)115)48-64(4)116)91(123)77-31-17-18-32-78(77)92(124)111(57-73(13)139-101(133)87-41-27-21-35-81(87)95(127)107(49-65(5)117)50-66(6)118)58-74(14)140-104(136)90-44-30-24-38-84(90)98(130)112(59-75(15)141-102(134)88-42-28-22-36-82(88)96(128)108(51-67(7)119)52-68(8)120)60-76(16)142-103(135)89-43-29-23-37-83(89)97(129)109(53-69(9)121)54-70(10)122/h17-44,61-76,113-122H,45-60H2,1-16H3. The predicted molar refractivity (Wildman–Crippen MR) is 518 cm³/mol. The highest BCUT2D eigenvalue weighted by Gasteiger charge is 2.38. The number of hydrogen-bond donors (Lipinski definition) is 10. The van der Waals surface area contributed by atoms with Gasteiger partial charge < -0.3 is 119 Å². The Morgan fingerprint density at radius 3 is 0.345 bits per heavy atom. The van der Waals surface area contributed by atoms with E-state index in [4.69, 9.17) is 28.4 Å². The van der Waals surface area contributed by atoms with E-state index in [0.717, 1.165) is 39.2 Å². The number of rotatable bonds is 52. The predicted octanol–water partition coefficient (Wildman–Crippen LogP) is 6.51. The molecule has 0 bridgehead atoms. The summed E-state index contributed by atoms with van der Waals surface area (Å²) in [5, 5.41) is 104. The second-order valence-electron chi connectivity index (χ2n) is 36.3. The fourth-order valence-corrected chi connectivity index (χ4v) is 16.0. The van der Waals surface area contributed by atoms with Crippen LogP contribution in [0.3, 0.4) is 0 Å². The number of aliphatic hydroxyl groups is 10. The third-order valence-corrected chi connectivity index (χ3v) is 21.5. The average molecular weight is 1980 g/mol. The van der Waals surface area contributed by atoms with Crippen LogP contribution in [-0.2, 0) is 28.4 Å². The van der Waals surface area contributed by atoms with Crippen LogP contribution >= 0.6 is 0 Å². The Morgan fingerprint density at radius 2 is 0.246 bits per heavy atom. The first-order valence-electron chi connectivity index (χ1n) is 47.0. The Morgan fingerprint density at radius 1 is 0.162 bits per heavy atom. The normalized spacial score (nSPS) is 14.7. The van der Waals surface area contributed by atoms with Gasteiger partial charge in [-0.1, -0.05) is 84.9 Å². The number of hydrogen-bond acceptors (Lipinski definition) is 30. The number of carbonyl (C=O) groups excluding carboxylic acids is 14. The highest BCUT2D eigenvalue weighted by molar-refractivity contribution is 6.11. The molecule has 0 aliphatic carbocycles. The van der Waals surface area contributed by atoms with E-state index in [9.17, 15) is 99.0 Å². The maximum Gasteiger partial charge on any atom is 0.339 e. The lowest BCUT2D eigenvalue weighted by Crippen LogP contribution is -2.45. The fraction of sp³-hybridized carbons (Fsp3) is 0.462. The Bertz CT molecular complexity index is 5220. The molecule has 0 heterocycles. The fourth-order valence-electron chi connectivity index (χ4n) is 16.0. The molecule has 7 rings (SSSR count). The molecule has 7 aromatic carbocycles. The molecule has 0 spiro atoms. The van der Waals surface area contributed by atoms with Gasteiger partial charge in [-0.3, -0.25) is 38.4 Å². The van der Waals surface area contributed by atoms with Crippen molar-refractivity contribution < 1.29 is 147 Å². The summed E-state index contributed by atoms with van der Waals surface area (Å²) in [6.07, 6.45) is -18.9. The summed E-state index contributed by atoms with van der Waals surface area (Å²) in [5.74, 6) is -13.4. The minimum absolute atomic E-state index is 0.174. The van der Waals surface area contributed by atoms with Gasteiger partial charge in [0, 0.05) is 65.4 Å². The van der Waals surface area contributed by atoms with Gasteiger partial charge in [0.1, 0.15) is 36.6 Å². The van der Waals surface area contributed by atoms with Crippen molar-refractivity contribution in [2.45, 2.75) is 208 Å². The molecule has 0 radical (unpaired) electrons. The van der Waals surface area contributed by atoms with Crippen molar-refractivity contribution in [1.29, 1.82) is 0 Å². The topological polar surface area (TPSA) is 523 Å². The molecule has 16 atom stereocenters. The Hall–Kier alpha value is -13.3. The minimum Gasteiger partial charge on any atom is -0.457 e. The van der Waals surface area contributed by atoms with Crippen LogP contribution in [0.15, 0.2) is 170 Å². The summed E-state index contributed by atoms with van der Waals surface area (Å²) in [7, 11) is 0. The smallest absolute Gasteiger partial charge is 0.339 e. The molecule has 0 saturated heterocycles. The van der Waals surface area contributed by atoms with Crippen LogP contribution in [0.25, 0.3) is 0 Å². The van der Waals surface area contributed by atoms with Crippen LogP contribution in [0, 0.1) is 0 Å². The van der Waals surface area contributed by atoms with Crippen LogP contribution in [0.1, 0.15) is 256 Å².